The molecule has 1 saturated carbocycles. The van der Waals surface area contributed by atoms with Gasteiger partial charge in [-0.3, -0.25) is 4.79 Å². The third-order valence-corrected chi connectivity index (χ3v) is 6.02. The van der Waals surface area contributed by atoms with Gasteiger partial charge in [-0.25, -0.2) is 4.98 Å². The summed E-state index contributed by atoms with van der Waals surface area (Å²) in [5, 5.41) is 6.80. The van der Waals surface area contributed by atoms with Crippen molar-refractivity contribution in [2.45, 2.75) is 96.1 Å². The lowest BCUT2D eigenvalue weighted by Crippen LogP contribution is -2.40. The predicted octanol–water partition coefficient (Wildman–Crippen LogP) is 3.84. The molecule has 0 aliphatic heterocycles. The Labute approximate surface area is 169 Å². The lowest BCUT2D eigenvalue weighted by atomic mass is 9.91. The number of aromatic nitrogens is 2. The highest BCUT2D eigenvalue weighted by atomic mass is 16.1. The first kappa shape index (κ1) is 20.9. The Morgan fingerprint density at radius 3 is 2.46 bits per heavy atom. The molecule has 0 bridgehead atoms. The second-order valence-electron chi connectivity index (χ2n) is 8.62. The van der Waals surface area contributed by atoms with E-state index in [0.29, 0.717) is 18.5 Å². The Morgan fingerprint density at radius 1 is 1.04 bits per heavy atom. The van der Waals surface area contributed by atoms with Crippen LogP contribution >= 0.6 is 0 Å². The number of fused-ring (bicyclic) bond motifs is 1. The molecular weight excluding hydrogens is 350 g/mol. The normalized spacial score (nSPS) is 21.7. The van der Waals surface area contributed by atoms with Gasteiger partial charge in [-0.05, 0) is 57.8 Å². The molecule has 0 aromatic carbocycles. The van der Waals surface area contributed by atoms with Crippen LogP contribution in [0.2, 0.25) is 0 Å². The molecule has 0 saturated heterocycles. The van der Waals surface area contributed by atoms with Gasteiger partial charge in [-0.15, -0.1) is 0 Å². The number of carbonyl (C=O) groups excluding carboxylic acids is 1. The van der Waals surface area contributed by atoms with E-state index in [1.54, 1.807) is 0 Å². The maximum Gasteiger partial charge on any atom is 0.225 e. The highest BCUT2D eigenvalue weighted by Gasteiger charge is 2.24. The van der Waals surface area contributed by atoms with Crippen LogP contribution in [0, 0.1) is 0 Å². The number of hydrogen-bond donors (Lipinski definition) is 2. The van der Waals surface area contributed by atoms with Crippen LogP contribution in [0.1, 0.15) is 82.4 Å². The minimum absolute atomic E-state index is 0.221. The van der Waals surface area contributed by atoms with Gasteiger partial charge in [0.05, 0.1) is 5.69 Å². The number of anilines is 2. The lowest BCUT2D eigenvalue weighted by Gasteiger charge is -2.30. The predicted molar refractivity (Wildman–Crippen MR) is 115 cm³/mol. The topological polar surface area (TPSA) is 70.2 Å². The van der Waals surface area contributed by atoms with E-state index >= 15 is 0 Å². The first-order valence-corrected chi connectivity index (χ1v) is 11.2. The van der Waals surface area contributed by atoms with Crippen molar-refractivity contribution in [1.82, 2.24) is 15.3 Å². The van der Waals surface area contributed by atoms with E-state index in [1.807, 2.05) is 0 Å². The Balaban J connectivity index is 1.52. The van der Waals surface area contributed by atoms with Gasteiger partial charge < -0.3 is 15.5 Å². The van der Waals surface area contributed by atoms with Crippen molar-refractivity contribution in [3.63, 3.8) is 0 Å². The van der Waals surface area contributed by atoms with Gasteiger partial charge in [0.1, 0.15) is 5.82 Å². The van der Waals surface area contributed by atoms with Gasteiger partial charge in [0.15, 0.2) is 0 Å². The Kier molecular flexibility index (Phi) is 7.51. The van der Waals surface area contributed by atoms with E-state index in [9.17, 15) is 4.79 Å². The highest BCUT2D eigenvalue weighted by Crippen LogP contribution is 2.29. The molecule has 1 fully saturated rings. The van der Waals surface area contributed by atoms with Crippen LogP contribution < -0.4 is 15.5 Å². The second kappa shape index (κ2) is 10.1. The monoisotopic (exact) mass is 387 g/mol. The molecule has 2 N–H and O–H groups in total. The number of hydrogen-bond acceptors (Lipinski definition) is 5. The summed E-state index contributed by atoms with van der Waals surface area (Å²) in [6, 6.07) is 0.721. The summed E-state index contributed by atoms with van der Waals surface area (Å²) in [4.78, 5) is 23.8. The van der Waals surface area contributed by atoms with E-state index in [1.165, 1.54) is 24.1 Å². The molecule has 3 rings (SSSR count). The molecule has 28 heavy (non-hydrogen) atoms. The fourth-order valence-electron chi connectivity index (χ4n) is 4.41. The zero-order valence-corrected chi connectivity index (χ0v) is 17.9. The second-order valence-corrected chi connectivity index (χ2v) is 8.62. The Bertz CT molecular complexity index is 653. The molecule has 156 valence electrons. The minimum Gasteiger partial charge on any atom is -0.362 e. The number of carbonyl (C=O) groups is 1. The number of rotatable bonds is 8. The molecule has 0 unspecified atom stereocenters. The first-order valence-electron chi connectivity index (χ1n) is 11.2. The van der Waals surface area contributed by atoms with Crippen molar-refractivity contribution >= 4 is 17.7 Å². The van der Waals surface area contributed by atoms with E-state index in [-0.39, 0.29) is 5.91 Å². The average Bonchev–Trinajstić information content (AvgIpc) is 2.69. The number of amides is 1. The fourth-order valence-corrected chi connectivity index (χ4v) is 4.41. The number of aryl methyl sites for hydroxylation is 1. The van der Waals surface area contributed by atoms with Gasteiger partial charge in [0.2, 0.25) is 11.9 Å². The van der Waals surface area contributed by atoms with Crippen molar-refractivity contribution in [3.05, 3.63) is 11.3 Å². The minimum atomic E-state index is 0.221. The summed E-state index contributed by atoms with van der Waals surface area (Å²) in [5.41, 5.74) is 2.55. The largest absolute Gasteiger partial charge is 0.362 e. The maximum absolute atomic E-state index is 12.0. The molecule has 0 radical (unpaired) electrons. The Morgan fingerprint density at radius 2 is 1.75 bits per heavy atom. The third kappa shape index (κ3) is 5.58. The van der Waals surface area contributed by atoms with Crippen LogP contribution in [0.4, 0.5) is 11.8 Å². The zero-order chi connectivity index (χ0) is 19.9. The zero-order valence-electron chi connectivity index (χ0n) is 17.9. The van der Waals surface area contributed by atoms with Crippen LogP contribution in [-0.4, -0.2) is 42.1 Å². The lowest BCUT2D eigenvalue weighted by molar-refractivity contribution is -0.122. The van der Waals surface area contributed by atoms with Crippen molar-refractivity contribution in [3.8, 4) is 0 Å². The summed E-state index contributed by atoms with van der Waals surface area (Å²) in [6.07, 6.45) is 12.7. The summed E-state index contributed by atoms with van der Waals surface area (Å²) in [5.74, 6) is 2.06. The van der Waals surface area contributed by atoms with Gasteiger partial charge in [-0.1, -0.05) is 19.8 Å². The van der Waals surface area contributed by atoms with Crippen LogP contribution in [0.5, 0.6) is 0 Å². The van der Waals surface area contributed by atoms with Crippen molar-refractivity contribution in [2.75, 3.05) is 24.3 Å². The molecule has 6 nitrogen and oxygen atoms in total. The SMILES string of the molecule is CCCCCC(=O)NC1CCC(Nc2nc3c(c(N(C)C)n2)CCCC3)CC1. The van der Waals surface area contributed by atoms with Crippen molar-refractivity contribution in [1.29, 1.82) is 0 Å². The van der Waals surface area contributed by atoms with E-state index in [2.05, 4.69) is 36.6 Å². The first-order chi connectivity index (χ1) is 13.6. The molecule has 1 heterocycles. The van der Waals surface area contributed by atoms with Crippen LogP contribution in [-0.2, 0) is 17.6 Å². The smallest absolute Gasteiger partial charge is 0.225 e. The Hall–Kier alpha value is -1.85. The van der Waals surface area contributed by atoms with Crippen LogP contribution in [0.3, 0.4) is 0 Å². The van der Waals surface area contributed by atoms with Gasteiger partial charge in [0, 0.05) is 38.2 Å². The van der Waals surface area contributed by atoms with Gasteiger partial charge in [0.25, 0.3) is 0 Å². The number of nitrogens with one attached hydrogen (secondary N) is 2. The number of nitrogens with zero attached hydrogens (tertiary/aromatic N) is 3. The molecule has 0 atom stereocenters. The van der Waals surface area contributed by atoms with Gasteiger partial charge >= 0.3 is 0 Å². The summed E-state index contributed by atoms with van der Waals surface area (Å²) >= 11 is 0. The van der Waals surface area contributed by atoms with Crippen LogP contribution in [0.15, 0.2) is 0 Å². The standard InChI is InChI=1S/C22H37N5O/c1-4-5-6-11-20(28)23-16-12-14-17(15-13-16)24-22-25-19-10-8-7-9-18(19)21(26-22)27(2)3/h16-17H,4-15H2,1-3H3,(H,23,28)(H,24,25,26). The van der Waals surface area contributed by atoms with E-state index in [4.69, 9.17) is 9.97 Å². The molecule has 1 aromatic rings. The highest BCUT2D eigenvalue weighted by molar-refractivity contribution is 5.76. The quantitative estimate of drug-likeness (QED) is 0.663. The molecule has 2 aliphatic rings. The molecule has 2 aliphatic carbocycles. The van der Waals surface area contributed by atoms with Crippen molar-refractivity contribution < 1.29 is 4.79 Å². The maximum atomic E-state index is 12.0. The van der Waals surface area contributed by atoms with Gasteiger partial charge in [-0.2, -0.15) is 4.98 Å². The third-order valence-electron chi connectivity index (χ3n) is 6.02. The van der Waals surface area contributed by atoms with E-state index < -0.39 is 0 Å². The molecule has 1 aromatic heterocycles. The summed E-state index contributed by atoms with van der Waals surface area (Å²) in [6.45, 7) is 2.17. The molecular formula is C22H37N5O. The summed E-state index contributed by atoms with van der Waals surface area (Å²) in [7, 11) is 4.13. The van der Waals surface area contributed by atoms with Crippen molar-refractivity contribution in [2.24, 2.45) is 0 Å². The molecule has 1 amide bonds. The average molecular weight is 388 g/mol. The van der Waals surface area contributed by atoms with Crippen LogP contribution in [0.25, 0.3) is 0 Å². The summed E-state index contributed by atoms with van der Waals surface area (Å²) < 4.78 is 0. The molecule has 0 spiro atoms. The number of unbranched alkanes of at least 4 members (excludes halogenated alkanes) is 2. The molecule has 6 heteroatoms. The fraction of sp³-hybridized carbons (Fsp3) is 0.773. The van der Waals surface area contributed by atoms with E-state index in [0.717, 1.165) is 69.6 Å².